The third-order valence-corrected chi connectivity index (χ3v) is 4.49. The first-order chi connectivity index (χ1) is 11.4. The van der Waals surface area contributed by atoms with Gasteiger partial charge in [0.1, 0.15) is 5.82 Å². The van der Waals surface area contributed by atoms with Crippen LogP contribution in [0.15, 0.2) is 30.3 Å². The molecular formula is C17H14ClFN2O3. The van der Waals surface area contributed by atoms with Crippen molar-refractivity contribution in [3.63, 3.8) is 0 Å². The molecule has 0 aromatic heterocycles. The fourth-order valence-corrected chi connectivity index (χ4v) is 3.24. The van der Waals surface area contributed by atoms with Gasteiger partial charge in [-0.25, -0.2) is 4.39 Å². The van der Waals surface area contributed by atoms with Gasteiger partial charge in [0, 0.05) is 28.8 Å². The van der Waals surface area contributed by atoms with Gasteiger partial charge in [-0.05, 0) is 49.6 Å². The van der Waals surface area contributed by atoms with Crippen LogP contribution in [0.1, 0.15) is 27.9 Å². The quantitative estimate of drug-likeness (QED) is 0.600. The normalized spacial score (nSPS) is 13.5. The molecular weight excluding hydrogens is 335 g/mol. The Bertz CT molecular complexity index is 854. The van der Waals surface area contributed by atoms with Gasteiger partial charge in [-0.3, -0.25) is 14.9 Å². The summed E-state index contributed by atoms with van der Waals surface area (Å²) in [5.41, 5.74) is 1.43. The minimum absolute atomic E-state index is 0.0557. The molecule has 0 atom stereocenters. The first-order valence-electron chi connectivity index (χ1n) is 7.44. The smallest absolute Gasteiger partial charge is 0.272 e. The van der Waals surface area contributed by atoms with Gasteiger partial charge in [0.15, 0.2) is 0 Å². The van der Waals surface area contributed by atoms with Crippen molar-refractivity contribution in [2.24, 2.45) is 0 Å². The van der Waals surface area contributed by atoms with E-state index in [0.717, 1.165) is 0 Å². The van der Waals surface area contributed by atoms with E-state index in [2.05, 4.69) is 0 Å². The van der Waals surface area contributed by atoms with E-state index < -0.39 is 16.6 Å². The van der Waals surface area contributed by atoms with Crippen molar-refractivity contribution >= 4 is 28.9 Å². The van der Waals surface area contributed by atoms with Crippen LogP contribution in [0.5, 0.6) is 0 Å². The molecule has 124 valence electrons. The van der Waals surface area contributed by atoms with E-state index in [1.54, 1.807) is 6.92 Å². The van der Waals surface area contributed by atoms with Gasteiger partial charge in [0.2, 0.25) is 0 Å². The molecule has 2 aromatic carbocycles. The van der Waals surface area contributed by atoms with Crippen molar-refractivity contribution in [2.45, 2.75) is 19.8 Å². The second-order valence-electron chi connectivity index (χ2n) is 5.68. The summed E-state index contributed by atoms with van der Waals surface area (Å²) in [4.78, 5) is 24.6. The topological polar surface area (TPSA) is 63.5 Å². The Labute approximate surface area is 142 Å². The number of rotatable bonds is 2. The zero-order chi connectivity index (χ0) is 17.4. The molecule has 0 fully saturated rings. The van der Waals surface area contributed by atoms with E-state index in [4.69, 9.17) is 11.6 Å². The Kier molecular flexibility index (Phi) is 4.24. The van der Waals surface area contributed by atoms with Crippen LogP contribution in [0.2, 0.25) is 5.02 Å². The summed E-state index contributed by atoms with van der Waals surface area (Å²) in [5.74, 6) is -0.892. The van der Waals surface area contributed by atoms with Crippen molar-refractivity contribution in [1.29, 1.82) is 0 Å². The lowest BCUT2D eigenvalue weighted by Crippen LogP contribution is -2.36. The van der Waals surface area contributed by atoms with Crippen LogP contribution in [-0.4, -0.2) is 17.4 Å². The highest BCUT2D eigenvalue weighted by molar-refractivity contribution is 6.32. The van der Waals surface area contributed by atoms with E-state index >= 15 is 0 Å². The van der Waals surface area contributed by atoms with Gasteiger partial charge in [0.25, 0.3) is 11.6 Å². The second kappa shape index (κ2) is 6.20. The fraction of sp³-hybridized carbons (Fsp3) is 0.235. The summed E-state index contributed by atoms with van der Waals surface area (Å²) < 4.78 is 14.3. The van der Waals surface area contributed by atoms with Gasteiger partial charge in [0.05, 0.1) is 10.6 Å². The molecule has 7 heteroatoms. The molecule has 0 radical (unpaired) electrons. The summed E-state index contributed by atoms with van der Waals surface area (Å²) in [6.07, 6.45) is 1.28. The van der Waals surface area contributed by atoms with E-state index in [9.17, 15) is 19.3 Å². The zero-order valence-corrected chi connectivity index (χ0v) is 13.6. The van der Waals surface area contributed by atoms with Gasteiger partial charge in [-0.15, -0.1) is 0 Å². The third-order valence-electron chi connectivity index (χ3n) is 4.14. The summed E-state index contributed by atoms with van der Waals surface area (Å²) in [7, 11) is 0. The number of amides is 1. The molecule has 0 saturated carbocycles. The predicted molar refractivity (Wildman–Crippen MR) is 89.2 cm³/mol. The van der Waals surface area contributed by atoms with E-state index in [1.807, 2.05) is 0 Å². The molecule has 0 N–H and O–H groups in total. The van der Waals surface area contributed by atoms with Gasteiger partial charge in [-0.1, -0.05) is 11.6 Å². The standard InChI is InChI=1S/C17H14ClFN2O3/c1-10-9-11(4-7-15(10)21(23)24)17(22)20-8-2-3-12-13(18)5-6-14(19)16(12)20/h4-7,9H,2-3,8H2,1H3. The highest BCUT2D eigenvalue weighted by Gasteiger charge is 2.28. The molecule has 1 aliphatic rings. The molecule has 0 saturated heterocycles. The molecule has 5 nitrogen and oxygen atoms in total. The number of carbonyl (C=O) groups excluding carboxylic acids is 1. The Hall–Kier alpha value is -2.47. The molecule has 0 bridgehead atoms. The van der Waals surface area contributed by atoms with Crippen molar-refractivity contribution < 1.29 is 14.1 Å². The molecule has 24 heavy (non-hydrogen) atoms. The molecule has 1 aliphatic heterocycles. The molecule has 0 aliphatic carbocycles. The molecule has 0 unspecified atom stereocenters. The Morgan fingerprint density at radius 3 is 2.75 bits per heavy atom. The molecule has 0 spiro atoms. The molecule has 2 aromatic rings. The number of nitro benzene ring substituents is 1. The fourth-order valence-electron chi connectivity index (χ4n) is 2.99. The number of nitro groups is 1. The van der Waals surface area contributed by atoms with Crippen molar-refractivity contribution in [2.75, 3.05) is 11.4 Å². The maximum Gasteiger partial charge on any atom is 0.272 e. The number of carbonyl (C=O) groups is 1. The minimum atomic E-state index is -0.501. The first-order valence-corrected chi connectivity index (χ1v) is 7.81. The summed E-state index contributed by atoms with van der Waals surface area (Å²) in [6.45, 7) is 1.94. The number of halogens is 2. The van der Waals surface area contributed by atoms with Crippen molar-refractivity contribution in [3.8, 4) is 0 Å². The number of hydrogen-bond donors (Lipinski definition) is 0. The number of nitrogens with zero attached hydrogens (tertiary/aromatic N) is 2. The largest absolute Gasteiger partial charge is 0.305 e. The van der Waals surface area contributed by atoms with Crippen LogP contribution >= 0.6 is 11.6 Å². The predicted octanol–water partition coefficient (Wildman–Crippen LogP) is 4.29. The minimum Gasteiger partial charge on any atom is -0.305 e. The Morgan fingerprint density at radius 1 is 1.33 bits per heavy atom. The zero-order valence-electron chi connectivity index (χ0n) is 12.9. The Balaban J connectivity index is 2.03. The van der Waals surface area contributed by atoms with Gasteiger partial charge >= 0.3 is 0 Å². The number of benzene rings is 2. The average molecular weight is 349 g/mol. The first kappa shape index (κ1) is 16.4. The van der Waals surface area contributed by atoms with E-state index in [1.165, 1.54) is 35.2 Å². The highest BCUT2D eigenvalue weighted by Crippen LogP contribution is 2.36. The monoisotopic (exact) mass is 348 g/mol. The van der Waals surface area contributed by atoms with Crippen LogP contribution in [-0.2, 0) is 6.42 Å². The highest BCUT2D eigenvalue weighted by atomic mass is 35.5. The summed E-state index contributed by atoms with van der Waals surface area (Å²) in [5, 5.41) is 11.3. The maximum absolute atomic E-state index is 14.3. The number of fused-ring (bicyclic) bond motifs is 1. The second-order valence-corrected chi connectivity index (χ2v) is 6.08. The molecule has 1 heterocycles. The van der Waals surface area contributed by atoms with Crippen LogP contribution in [0.3, 0.4) is 0 Å². The SMILES string of the molecule is Cc1cc(C(=O)N2CCCc3c(Cl)ccc(F)c32)ccc1[N+](=O)[O-]. The number of hydrogen-bond acceptors (Lipinski definition) is 3. The molecule has 1 amide bonds. The lowest BCUT2D eigenvalue weighted by Gasteiger charge is -2.30. The van der Waals surface area contributed by atoms with E-state index in [-0.39, 0.29) is 16.9 Å². The summed E-state index contributed by atoms with van der Waals surface area (Å²) >= 11 is 6.13. The van der Waals surface area contributed by atoms with Crippen LogP contribution in [0.4, 0.5) is 15.8 Å². The third kappa shape index (κ3) is 2.73. The van der Waals surface area contributed by atoms with Crippen LogP contribution in [0, 0.1) is 22.9 Å². The van der Waals surface area contributed by atoms with Crippen LogP contribution in [0.25, 0.3) is 0 Å². The lowest BCUT2D eigenvalue weighted by atomic mass is 9.99. The maximum atomic E-state index is 14.3. The average Bonchev–Trinajstić information content (AvgIpc) is 2.56. The number of aryl methyl sites for hydroxylation is 1. The number of anilines is 1. The summed E-state index contributed by atoms with van der Waals surface area (Å²) in [6, 6.07) is 6.87. The van der Waals surface area contributed by atoms with Crippen LogP contribution < -0.4 is 4.90 Å². The van der Waals surface area contributed by atoms with Crippen molar-refractivity contribution in [3.05, 3.63) is 68.0 Å². The lowest BCUT2D eigenvalue weighted by molar-refractivity contribution is -0.385. The van der Waals surface area contributed by atoms with Crippen molar-refractivity contribution in [1.82, 2.24) is 0 Å². The van der Waals surface area contributed by atoms with Gasteiger partial charge < -0.3 is 4.90 Å². The van der Waals surface area contributed by atoms with E-state index in [0.29, 0.717) is 35.5 Å². The Morgan fingerprint density at radius 2 is 2.08 bits per heavy atom. The van der Waals surface area contributed by atoms with Gasteiger partial charge in [-0.2, -0.15) is 0 Å². The molecule has 3 rings (SSSR count).